The number of benzene rings is 1. The summed E-state index contributed by atoms with van der Waals surface area (Å²) >= 11 is 3.37. The molecule has 2 amide bonds. The van der Waals surface area contributed by atoms with Crippen molar-refractivity contribution in [3.05, 3.63) is 51.7 Å². The SMILES string of the molecule is CSCC[C@H](NC(=O)COc1ccccc1)C(=O)N[C@H](C)c1cc(C)sc1C. The van der Waals surface area contributed by atoms with Gasteiger partial charge in [-0.15, -0.1) is 11.3 Å². The number of hydrogen-bond donors (Lipinski definition) is 2. The second kappa shape index (κ2) is 11.1. The Labute approximate surface area is 175 Å². The van der Waals surface area contributed by atoms with Crippen LogP contribution in [0.25, 0.3) is 0 Å². The molecule has 7 heteroatoms. The molecule has 1 aromatic carbocycles. The molecule has 5 nitrogen and oxygen atoms in total. The molecule has 2 atom stereocenters. The van der Waals surface area contributed by atoms with E-state index in [0.717, 1.165) is 11.3 Å². The molecule has 0 bridgehead atoms. The Hall–Kier alpha value is -1.99. The number of aryl methyl sites for hydroxylation is 2. The van der Waals surface area contributed by atoms with Crippen molar-refractivity contribution in [3.63, 3.8) is 0 Å². The maximum atomic E-state index is 12.8. The van der Waals surface area contributed by atoms with Gasteiger partial charge in [0.1, 0.15) is 11.8 Å². The normalized spacial score (nSPS) is 12.9. The van der Waals surface area contributed by atoms with Gasteiger partial charge in [-0.05, 0) is 63.0 Å². The average Bonchev–Trinajstić information content (AvgIpc) is 3.02. The Bertz CT molecular complexity index is 777. The number of para-hydroxylation sites is 1. The van der Waals surface area contributed by atoms with E-state index in [1.807, 2.05) is 31.4 Å². The van der Waals surface area contributed by atoms with Crippen LogP contribution in [0.15, 0.2) is 36.4 Å². The highest BCUT2D eigenvalue weighted by atomic mass is 32.2. The lowest BCUT2D eigenvalue weighted by atomic mass is 10.1. The van der Waals surface area contributed by atoms with E-state index in [1.54, 1.807) is 35.2 Å². The van der Waals surface area contributed by atoms with Crippen LogP contribution in [-0.4, -0.2) is 36.5 Å². The van der Waals surface area contributed by atoms with Gasteiger partial charge in [0.25, 0.3) is 5.91 Å². The molecule has 152 valence electrons. The molecule has 0 unspecified atom stereocenters. The van der Waals surface area contributed by atoms with E-state index in [-0.39, 0.29) is 24.5 Å². The Morgan fingerprint density at radius 2 is 1.89 bits per heavy atom. The first kappa shape index (κ1) is 22.3. The summed E-state index contributed by atoms with van der Waals surface area (Å²) in [5.74, 6) is 0.931. The minimum Gasteiger partial charge on any atom is -0.484 e. The summed E-state index contributed by atoms with van der Waals surface area (Å²) < 4.78 is 5.47. The smallest absolute Gasteiger partial charge is 0.258 e. The number of ether oxygens (including phenoxy) is 1. The largest absolute Gasteiger partial charge is 0.484 e. The third-order valence-corrected chi connectivity index (χ3v) is 5.91. The van der Waals surface area contributed by atoms with Crippen molar-refractivity contribution < 1.29 is 14.3 Å². The molecule has 0 aliphatic rings. The highest BCUT2D eigenvalue weighted by Crippen LogP contribution is 2.26. The Morgan fingerprint density at radius 1 is 1.18 bits per heavy atom. The summed E-state index contributed by atoms with van der Waals surface area (Å²) in [6.07, 6.45) is 2.55. The van der Waals surface area contributed by atoms with Crippen molar-refractivity contribution in [1.82, 2.24) is 10.6 Å². The van der Waals surface area contributed by atoms with Gasteiger partial charge >= 0.3 is 0 Å². The molecule has 0 saturated carbocycles. The molecule has 0 fully saturated rings. The van der Waals surface area contributed by atoms with Crippen LogP contribution < -0.4 is 15.4 Å². The van der Waals surface area contributed by atoms with Crippen LogP contribution in [0, 0.1) is 13.8 Å². The fraction of sp³-hybridized carbons (Fsp3) is 0.429. The van der Waals surface area contributed by atoms with Gasteiger partial charge in [0.2, 0.25) is 5.91 Å². The van der Waals surface area contributed by atoms with E-state index in [2.05, 4.69) is 30.5 Å². The van der Waals surface area contributed by atoms with Gasteiger partial charge in [-0.1, -0.05) is 18.2 Å². The predicted molar refractivity (Wildman–Crippen MR) is 117 cm³/mol. The molecule has 0 radical (unpaired) electrons. The van der Waals surface area contributed by atoms with Gasteiger partial charge in [-0.2, -0.15) is 11.8 Å². The monoisotopic (exact) mass is 420 g/mol. The highest BCUT2D eigenvalue weighted by Gasteiger charge is 2.23. The Kier molecular flexibility index (Phi) is 8.86. The Morgan fingerprint density at radius 3 is 2.50 bits per heavy atom. The van der Waals surface area contributed by atoms with Crippen molar-refractivity contribution in [2.75, 3.05) is 18.6 Å². The van der Waals surface area contributed by atoms with Crippen LogP contribution in [0.1, 0.15) is 34.7 Å². The fourth-order valence-electron chi connectivity index (χ4n) is 2.88. The first-order chi connectivity index (χ1) is 13.4. The van der Waals surface area contributed by atoms with E-state index < -0.39 is 6.04 Å². The number of carbonyl (C=O) groups excluding carboxylic acids is 2. The van der Waals surface area contributed by atoms with Crippen molar-refractivity contribution in [2.45, 2.75) is 39.3 Å². The fourth-order valence-corrected chi connectivity index (χ4v) is 4.37. The second-order valence-corrected chi connectivity index (χ2v) is 9.05. The summed E-state index contributed by atoms with van der Waals surface area (Å²) in [5.41, 5.74) is 1.12. The molecule has 1 heterocycles. The number of rotatable bonds is 10. The second-order valence-electron chi connectivity index (χ2n) is 6.60. The van der Waals surface area contributed by atoms with E-state index >= 15 is 0 Å². The molecule has 2 rings (SSSR count). The summed E-state index contributed by atoms with van der Waals surface area (Å²) in [5, 5.41) is 5.85. The van der Waals surface area contributed by atoms with Gasteiger partial charge in [0, 0.05) is 9.75 Å². The van der Waals surface area contributed by atoms with Crippen LogP contribution in [0.5, 0.6) is 5.75 Å². The topological polar surface area (TPSA) is 67.4 Å². The molecule has 0 aliphatic heterocycles. The van der Waals surface area contributed by atoms with Gasteiger partial charge in [-0.3, -0.25) is 9.59 Å². The van der Waals surface area contributed by atoms with Crippen LogP contribution in [-0.2, 0) is 9.59 Å². The zero-order valence-corrected chi connectivity index (χ0v) is 18.4. The number of carbonyl (C=O) groups is 2. The van der Waals surface area contributed by atoms with Crippen molar-refractivity contribution in [2.24, 2.45) is 0 Å². The summed E-state index contributed by atoms with van der Waals surface area (Å²) in [6, 6.07) is 10.6. The average molecular weight is 421 g/mol. The maximum Gasteiger partial charge on any atom is 0.258 e. The number of hydrogen-bond acceptors (Lipinski definition) is 5. The third kappa shape index (κ3) is 6.87. The zero-order chi connectivity index (χ0) is 20.5. The molecule has 2 N–H and O–H groups in total. The molecule has 28 heavy (non-hydrogen) atoms. The van der Waals surface area contributed by atoms with Crippen molar-refractivity contribution >= 4 is 34.9 Å². The minimum absolute atomic E-state index is 0.105. The van der Waals surface area contributed by atoms with Crippen molar-refractivity contribution in [3.8, 4) is 5.75 Å². The lowest BCUT2D eigenvalue weighted by molar-refractivity contribution is -0.130. The van der Waals surface area contributed by atoms with Crippen LogP contribution >= 0.6 is 23.1 Å². The van der Waals surface area contributed by atoms with Crippen LogP contribution in [0.4, 0.5) is 0 Å². The van der Waals surface area contributed by atoms with Gasteiger partial charge in [-0.25, -0.2) is 0 Å². The van der Waals surface area contributed by atoms with Gasteiger partial charge in [0.05, 0.1) is 6.04 Å². The number of amides is 2. The molecule has 0 aliphatic carbocycles. The lowest BCUT2D eigenvalue weighted by Gasteiger charge is -2.21. The third-order valence-electron chi connectivity index (χ3n) is 4.28. The number of thioether (sulfide) groups is 1. The Balaban J connectivity index is 1.94. The first-order valence-corrected chi connectivity index (χ1v) is 11.4. The molecule has 1 aromatic heterocycles. The van der Waals surface area contributed by atoms with E-state index in [0.29, 0.717) is 12.2 Å². The maximum absolute atomic E-state index is 12.8. The van der Waals surface area contributed by atoms with E-state index in [9.17, 15) is 9.59 Å². The number of nitrogens with one attached hydrogen (secondary N) is 2. The standard InChI is InChI=1S/C21H28N2O3S2/c1-14-12-18(16(3)28-14)15(2)22-21(25)19(10-11-27-4)23-20(24)13-26-17-8-6-5-7-9-17/h5-9,12,15,19H,10-11,13H2,1-4H3,(H,22,25)(H,23,24)/t15-,19+/m1/s1. The van der Waals surface area contributed by atoms with Crippen LogP contribution in [0.3, 0.4) is 0 Å². The highest BCUT2D eigenvalue weighted by molar-refractivity contribution is 7.98. The summed E-state index contributed by atoms with van der Waals surface area (Å²) in [4.78, 5) is 27.5. The van der Waals surface area contributed by atoms with E-state index in [1.165, 1.54) is 9.75 Å². The molecular weight excluding hydrogens is 392 g/mol. The lowest BCUT2D eigenvalue weighted by Crippen LogP contribution is -2.48. The van der Waals surface area contributed by atoms with Gasteiger partial charge in [0.15, 0.2) is 6.61 Å². The summed E-state index contributed by atoms with van der Waals surface area (Å²) in [6.45, 7) is 5.97. The zero-order valence-electron chi connectivity index (χ0n) is 16.8. The quantitative estimate of drug-likeness (QED) is 0.612. The minimum atomic E-state index is -0.582. The van der Waals surface area contributed by atoms with Crippen LogP contribution in [0.2, 0.25) is 0 Å². The predicted octanol–water partition coefficient (Wildman–Crippen LogP) is 3.86. The number of thiophene rings is 1. The van der Waals surface area contributed by atoms with Crippen molar-refractivity contribution in [1.29, 1.82) is 0 Å². The molecule has 0 spiro atoms. The summed E-state index contributed by atoms with van der Waals surface area (Å²) in [7, 11) is 0. The molecule has 2 aromatic rings. The van der Waals surface area contributed by atoms with Gasteiger partial charge < -0.3 is 15.4 Å². The van der Waals surface area contributed by atoms with E-state index in [4.69, 9.17) is 4.74 Å². The molecule has 0 saturated heterocycles. The molecular formula is C21H28N2O3S2. The first-order valence-electron chi connectivity index (χ1n) is 9.24.